The fraction of sp³-hybridized carbons (Fsp3) is 0.111. The Morgan fingerprint density at radius 3 is 2.41 bits per heavy atom. The van der Waals surface area contributed by atoms with E-state index in [1.165, 1.54) is 11.8 Å². The van der Waals surface area contributed by atoms with E-state index in [1.54, 1.807) is 6.07 Å². The van der Waals surface area contributed by atoms with Gasteiger partial charge in [0, 0.05) is 27.2 Å². The van der Waals surface area contributed by atoms with Gasteiger partial charge < -0.3 is 10.6 Å². The molecule has 1 unspecified atom stereocenters. The van der Waals surface area contributed by atoms with Crippen LogP contribution in [0.4, 0.5) is 11.4 Å². The number of aryl methyl sites for hydroxylation is 1. The quantitative estimate of drug-likeness (QED) is 0.336. The van der Waals surface area contributed by atoms with Crippen LogP contribution in [0, 0.1) is 6.92 Å². The van der Waals surface area contributed by atoms with E-state index in [9.17, 15) is 9.59 Å². The number of rotatable bonds is 6. The van der Waals surface area contributed by atoms with Gasteiger partial charge in [-0.05, 0) is 55.6 Å². The molecule has 4 rings (SSSR count). The zero-order valence-corrected chi connectivity index (χ0v) is 18.8. The smallest absolute Gasteiger partial charge is 0.255 e. The maximum Gasteiger partial charge on any atom is 0.255 e. The van der Waals surface area contributed by atoms with Gasteiger partial charge in [-0.25, -0.2) is 0 Å². The van der Waals surface area contributed by atoms with Crippen molar-refractivity contribution in [3.05, 3.63) is 102 Å². The van der Waals surface area contributed by atoms with E-state index in [0.717, 1.165) is 26.9 Å². The number of fused-ring (bicyclic) bond motifs is 1. The van der Waals surface area contributed by atoms with Gasteiger partial charge in [0.05, 0.1) is 5.25 Å². The van der Waals surface area contributed by atoms with Crippen LogP contribution in [-0.2, 0) is 4.79 Å². The topological polar surface area (TPSA) is 58.2 Å². The first-order valence-corrected chi connectivity index (χ1v) is 11.3. The Morgan fingerprint density at radius 2 is 1.56 bits per heavy atom. The summed E-state index contributed by atoms with van der Waals surface area (Å²) in [6.45, 7) is 3.84. The summed E-state index contributed by atoms with van der Waals surface area (Å²) in [6, 6.07) is 28.9. The molecule has 0 spiro atoms. The molecule has 4 aromatic rings. The minimum absolute atomic E-state index is 0.0689. The second-order valence-corrected chi connectivity index (χ2v) is 9.04. The standard InChI is InChI=1S/C27H24N2O2S/c1-18-8-5-11-21(16-18)27(31)28-22-12-7-13-23(17-22)32-19(2)26(30)29-25-15-6-10-20-9-3-4-14-24(20)25/h3-17,19H,1-2H3,(H,28,31)(H,29,30). The predicted octanol–water partition coefficient (Wildman–Crippen LogP) is 6.52. The van der Waals surface area contributed by atoms with Gasteiger partial charge in [-0.15, -0.1) is 11.8 Å². The van der Waals surface area contributed by atoms with Crippen LogP contribution in [0.1, 0.15) is 22.8 Å². The zero-order valence-electron chi connectivity index (χ0n) is 18.0. The number of thioether (sulfide) groups is 1. The highest BCUT2D eigenvalue weighted by Crippen LogP contribution is 2.28. The van der Waals surface area contributed by atoms with E-state index >= 15 is 0 Å². The van der Waals surface area contributed by atoms with Crippen molar-refractivity contribution in [1.29, 1.82) is 0 Å². The molecule has 0 saturated carbocycles. The fourth-order valence-corrected chi connectivity index (χ4v) is 4.39. The van der Waals surface area contributed by atoms with Gasteiger partial charge in [0.2, 0.25) is 5.91 Å². The Labute approximate surface area is 192 Å². The summed E-state index contributed by atoms with van der Waals surface area (Å²) in [6.07, 6.45) is 0. The van der Waals surface area contributed by atoms with Crippen LogP contribution in [0.5, 0.6) is 0 Å². The third-order valence-electron chi connectivity index (χ3n) is 5.10. The molecule has 0 aliphatic carbocycles. The highest BCUT2D eigenvalue weighted by molar-refractivity contribution is 8.00. The molecule has 0 heterocycles. The van der Waals surface area contributed by atoms with Gasteiger partial charge in [0.25, 0.3) is 5.91 Å². The Hall–Kier alpha value is -3.57. The molecule has 2 N–H and O–H groups in total. The van der Waals surface area contributed by atoms with Crippen molar-refractivity contribution >= 4 is 45.7 Å². The van der Waals surface area contributed by atoms with E-state index in [4.69, 9.17) is 0 Å². The lowest BCUT2D eigenvalue weighted by molar-refractivity contribution is -0.115. The molecule has 1 atom stereocenters. The maximum atomic E-state index is 12.8. The third-order valence-corrected chi connectivity index (χ3v) is 6.20. The van der Waals surface area contributed by atoms with Crippen molar-refractivity contribution in [1.82, 2.24) is 0 Å². The van der Waals surface area contributed by atoms with Gasteiger partial charge >= 0.3 is 0 Å². The molecule has 0 aliphatic heterocycles. The number of hydrogen-bond donors (Lipinski definition) is 2. The molecule has 0 aromatic heterocycles. The molecule has 0 aliphatic rings. The van der Waals surface area contributed by atoms with E-state index in [1.807, 2.05) is 98.8 Å². The summed E-state index contributed by atoms with van der Waals surface area (Å²) in [5.41, 5.74) is 3.15. The lowest BCUT2D eigenvalue weighted by Crippen LogP contribution is -2.22. The SMILES string of the molecule is Cc1cccc(C(=O)Nc2cccc(SC(C)C(=O)Nc3cccc4ccccc34)c2)c1. The highest BCUT2D eigenvalue weighted by atomic mass is 32.2. The van der Waals surface area contributed by atoms with Crippen molar-refractivity contribution < 1.29 is 9.59 Å². The number of benzene rings is 4. The Kier molecular flexibility index (Phi) is 6.57. The van der Waals surface area contributed by atoms with E-state index in [0.29, 0.717) is 11.3 Å². The average molecular weight is 441 g/mol. The fourth-order valence-electron chi connectivity index (χ4n) is 3.46. The molecule has 2 amide bonds. The van der Waals surface area contributed by atoms with Crippen molar-refractivity contribution in [2.24, 2.45) is 0 Å². The number of nitrogens with one attached hydrogen (secondary N) is 2. The van der Waals surface area contributed by atoms with Gasteiger partial charge in [-0.2, -0.15) is 0 Å². The van der Waals surface area contributed by atoms with E-state index in [-0.39, 0.29) is 17.1 Å². The largest absolute Gasteiger partial charge is 0.325 e. The number of carbonyl (C=O) groups excluding carboxylic acids is 2. The summed E-state index contributed by atoms with van der Waals surface area (Å²) in [5.74, 6) is -0.224. The number of hydrogen-bond acceptors (Lipinski definition) is 3. The highest BCUT2D eigenvalue weighted by Gasteiger charge is 2.16. The summed E-state index contributed by atoms with van der Waals surface area (Å²) >= 11 is 1.45. The maximum absolute atomic E-state index is 12.8. The lowest BCUT2D eigenvalue weighted by Gasteiger charge is -2.14. The lowest BCUT2D eigenvalue weighted by atomic mass is 10.1. The molecular formula is C27H24N2O2S. The first kappa shape index (κ1) is 21.7. The van der Waals surface area contributed by atoms with Crippen LogP contribution in [0.25, 0.3) is 10.8 Å². The molecular weight excluding hydrogens is 416 g/mol. The number of amides is 2. The van der Waals surface area contributed by atoms with Crippen LogP contribution in [-0.4, -0.2) is 17.1 Å². The first-order valence-electron chi connectivity index (χ1n) is 10.4. The molecule has 4 nitrogen and oxygen atoms in total. The molecule has 0 fully saturated rings. The van der Waals surface area contributed by atoms with Gasteiger partial charge in [-0.1, -0.05) is 60.2 Å². The molecule has 0 saturated heterocycles. The summed E-state index contributed by atoms with van der Waals surface area (Å²) < 4.78 is 0. The Bertz CT molecular complexity index is 1280. The van der Waals surface area contributed by atoms with Crippen molar-refractivity contribution in [3.8, 4) is 0 Å². The van der Waals surface area contributed by atoms with Crippen LogP contribution >= 0.6 is 11.8 Å². The van der Waals surface area contributed by atoms with Crippen LogP contribution in [0.3, 0.4) is 0 Å². The van der Waals surface area contributed by atoms with E-state index in [2.05, 4.69) is 10.6 Å². The van der Waals surface area contributed by atoms with Gasteiger partial charge in [-0.3, -0.25) is 9.59 Å². The predicted molar refractivity (Wildman–Crippen MR) is 133 cm³/mol. The molecule has 0 radical (unpaired) electrons. The molecule has 160 valence electrons. The number of anilines is 2. The van der Waals surface area contributed by atoms with Crippen LogP contribution in [0.15, 0.2) is 95.9 Å². The van der Waals surface area contributed by atoms with E-state index < -0.39 is 0 Å². The molecule has 32 heavy (non-hydrogen) atoms. The van der Waals surface area contributed by atoms with Crippen LogP contribution < -0.4 is 10.6 Å². The van der Waals surface area contributed by atoms with Gasteiger partial charge in [0.1, 0.15) is 0 Å². The molecule has 4 aromatic carbocycles. The summed E-state index contributed by atoms with van der Waals surface area (Å²) in [4.78, 5) is 26.3. The Morgan fingerprint density at radius 1 is 0.812 bits per heavy atom. The second-order valence-electron chi connectivity index (χ2n) is 7.63. The monoisotopic (exact) mass is 440 g/mol. The number of carbonyl (C=O) groups is 2. The van der Waals surface area contributed by atoms with Crippen molar-refractivity contribution in [2.45, 2.75) is 24.0 Å². The Balaban J connectivity index is 1.42. The summed E-state index contributed by atoms with van der Waals surface area (Å²) in [5, 5.41) is 7.78. The van der Waals surface area contributed by atoms with Crippen molar-refractivity contribution in [3.63, 3.8) is 0 Å². The summed E-state index contributed by atoms with van der Waals surface area (Å²) in [7, 11) is 0. The molecule has 0 bridgehead atoms. The minimum Gasteiger partial charge on any atom is -0.325 e. The van der Waals surface area contributed by atoms with Gasteiger partial charge in [0.15, 0.2) is 0 Å². The minimum atomic E-state index is -0.309. The first-order chi connectivity index (χ1) is 15.5. The second kappa shape index (κ2) is 9.71. The van der Waals surface area contributed by atoms with Crippen LogP contribution in [0.2, 0.25) is 0 Å². The van der Waals surface area contributed by atoms with Crippen molar-refractivity contribution in [2.75, 3.05) is 10.6 Å². The third kappa shape index (κ3) is 5.18. The molecule has 5 heteroatoms. The normalized spacial score (nSPS) is 11.7. The zero-order chi connectivity index (χ0) is 22.5. The average Bonchev–Trinajstić information content (AvgIpc) is 2.79.